The quantitative estimate of drug-likeness (QED) is 0.159. The van der Waals surface area contributed by atoms with Crippen molar-refractivity contribution in [2.45, 2.75) is 213 Å². The van der Waals surface area contributed by atoms with Crippen LogP contribution in [0.5, 0.6) is 0 Å². The topological polar surface area (TPSA) is 9.72 Å². The molecule has 0 N–H and O–H groups in total. The van der Waals surface area contributed by atoms with E-state index in [1.807, 2.05) is 0 Å². The summed E-state index contributed by atoms with van der Waals surface area (Å²) in [7, 11) is 0. The number of hydrogen-bond acceptors (Lipinski definition) is 3. The Balaban J connectivity index is 1.16. The van der Waals surface area contributed by atoms with Crippen LogP contribution in [0.3, 0.4) is 0 Å². The van der Waals surface area contributed by atoms with Gasteiger partial charge < -0.3 is 14.7 Å². The van der Waals surface area contributed by atoms with Crippen molar-refractivity contribution in [2.75, 3.05) is 14.7 Å². The van der Waals surface area contributed by atoms with Gasteiger partial charge in [0.1, 0.15) is 0 Å². The van der Waals surface area contributed by atoms with Crippen LogP contribution in [-0.4, -0.2) is 6.71 Å². The lowest BCUT2D eigenvalue weighted by Crippen LogP contribution is -2.62. The van der Waals surface area contributed by atoms with Crippen LogP contribution in [0.4, 0.5) is 51.2 Å². The highest BCUT2D eigenvalue weighted by Crippen LogP contribution is 2.58. The summed E-state index contributed by atoms with van der Waals surface area (Å²) in [5.41, 5.74) is 33.7. The third kappa shape index (κ3) is 8.32. The monoisotopic (exact) mass is 1120 g/mol. The molecule has 0 spiro atoms. The third-order valence-electron chi connectivity index (χ3n) is 22.8. The molecule has 0 aromatic heterocycles. The SMILES string of the molecule is Cc1ccccc1N(c1cc2c3c(c1)N(c1ccc4c(c1)C(C)(C)CCC4(C)C)c1cc4c(cc1B3c1cc3c(cc1N2c1ccc2c(c1)-c1ccc(C(C)(C)C)cc1C2(C)C)C(C)(C)CCC3(C)C)C(C)(C)CCC4(C)C)c1ccccc1C. The van der Waals surface area contributed by atoms with E-state index in [-0.39, 0.29) is 50.0 Å². The van der Waals surface area contributed by atoms with Gasteiger partial charge >= 0.3 is 0 Å². The highest BCUT2D eigenvalue weighted by Gasteiger charge is 2.50. The zero-order valence-electron chi connectivity index (χ0n) is 54.9. The molecule has 2 aliphatic heterocycles. The summed E-state index contributed by atoms with van der Waals surface area (Å²) in [6.45, 7) is 46.5. The molecule has 85 heavy (non-hydrogen) atoms. The average Bonchev–Trinajstić information content (AvgIpc) is 1.10. The largest absolute Gasteiger partial charge is 0.311 e. The fraction of sp³-hybridized carbons (Fsp3) is 0.407. The third-order valence-corrected chi connectivity index (χ3v) is 22.8. The van der Waals surface area contributed by atoms with Crippen LogP contribution in [-0.2, 0) is 43.3 Å². The number of hydrogen-bond donors (Lipinski definition) is 0. The normalized spacial score (nSPS) is 19.8. The van der Waals surface area contributed by atoms with Crippen molar-refractivity contribution in [1.29, 1.82) is 0 Å². The van der Waals surface area contributed by atoms with Crippen molar-refractivity contribution in [3.8, 4) is 11.1 Å². The number of rotatable bonds is 5. The second-order valence-corrected chi connectivity index (χ2v) is 32.7. The first-order valence-corrected chi connectivity index (χ1v) is 32.3. The molecule has 0 atom stereocenters. The summed E-state index contributed by atoms with van der Waals surface area (Å²) in [6, 6.07) is 56.8. The average molecular weight is 1120 g/mol. The maximum absolute atomic E-state index is 2.76. The fourth-order valence-electron chi connectivity index (χ4n) is 16.9. The number of nitrogens with zero attached hydrogens (tertiary/aromatic N) is 3. The lowest BCUT2D eigenvalue weighted by atomic mass is 9.32. The van der Waals surface area contributed by atoms with Gasteiger partial charge in [0.15, 0.2) is 0 Å². The minimum atomic E-state index is -0.158. The Labute approximate surface area is 511 Å². The second-order valence-electron chi connectivity index (χ2n) is 32.7. The summed E-state index contributed by atoms with van der Waals surface area (Å²) in [5.74, 6) is 0. The first kappa shape index (κ1) is 56.1. The smallest absolute Gasteiger partial charge is 0.252 e. The summed E-state index contributed by atoms with van der Waals surface area (Å²) < 4.78 is 0. The van der Waals surface area contributed by atoms with Crippen LogP contribution in [0.25, 0.3) is 11.1 Å². The van der Waals surface area contributed by atoms with Crippen molar-refractivity contribution >= 4 is 74.3 Å². The summed E-state index contributed by atoms with van der Waals surface area (Å²) in [6.07, 6.45) is 6.94. The minimum absolute atomic E-state index is 0.00179. The van der Waals surface area contributed by atoms with E-state index in [1.165, 1.54) is 141 Å². The Morgan fingerprint density at radius 1 is 0.376 bits per heavy atom. The standard InChI is InChI=1S/C81H92BN3/c1-49-24-20-22-26-67(49)85(68-27-23-21-25-50(68)2)54-43-71-73-72(44-54)84(53-30-33-58-60(42-53)76(8,9)35-34-75(58,6)7)70-48-64-62(78(12,13)37-39-80(64,16)17)46-66(70)82(73)65-45-61-63(79(14,15)38-36-77(61,10)11)47-69(65)83(71)52-29-32-57-56(41-52)55-31-28-51(74(3,4)5)40-59(55)81(57,18)19/h20-33,40-48H,34-39H2,1-19H3. The van der Waals surface area contributed by atoms with Gasteiger partial charge in [-0.2, -0.15) is 0 Å². The van der Waals surface area contributed by atoms with Gasteiger partial charge in [-0.25, -0.2) is 0 Å². The van der Waals surface area contributed by atoms with E-state index in [1.54, 1.807) is 0 Å². The minimum Gasteiger partial charge on any atom is -0.311 e. The Kier molecular flexibility index (Phi) is 12.0. The first-order valence-electron chi connectivity index (χ1n) is 32.3. The molecule has 0 radical (unpaired) electrons. The Morgan fingerprint density at radius 3 is 1.25 bits per heavy atom. The van der Waals surface area contributed by atoms with E-state index >= 15 is 0 Å². The second kappa shape index (κ2) is 18.2. The number of benzene rings is 8. The van der Waals surface area contributed by atoms with Crippen molar-refractivity contribution < 1.29 is 0 Å². The van der Waals surface area contributed by atoms with Gasteiger partial charge in [-0.05, 0) is 240 Å². The zero-order chi connectivity index (χ0) is 60.2. The first-order chi connectivity index (χ1) is 39.8. The van der Waals surface area contributed by atoms with E-state index in [9.17, 15) is 0 Å². The van der Waals surface area contributed by atoms with Gasteiger partial charge in [-0.3, -0.25) is 0 Å². The van der Waals surface area contributed by atoms with E-state index in [2.05, 4.69) is 286 Å². The van der Waals surface area contributed by atoms with Crippen LogP contribution in [0.2, 0.25) is 0 Å². The molecule has 4 aliphatic carbocycles. The molecule has 434 valence electrons. The van der Waals surface area contributed by atoms with Gasteiger partial charge in [0, 0.05) is 50.9 Å². The van der Waals surface area contributed by atoms with Gasteiger partial charge in [0.05, 0.1) is 5.69 Å². The number of fused-ring (bicyclic) bond motifs is 10. The molecular weight excluding hydrogens is 1030 g/mol. The molecule has 2 heterocycles. The molecule has 0 saturated carbocycles. The maximum Gasteiger partial charge on any atom is 0.252 e. The predicted octanol–water partition coefficient (Wildman–Crippen LogP) is 20.5. The molecule has 4 heteroatoms. The van der Waals surface area contributed by atoms with Crippen LogP contribution in [0.1, 0.15) is 217 Å². The summed E-state index contributed by atoms with van der Waals surface area (Å²) >= 11 is 0. The molecule has 0 unspecified atom stereocenters. The van der Waals surface area contributed by atoms with Gasteiger partial charge in [0.25, 0.3) is 6.71 Å². The molecule has 0 fully saturated rings. The Morgan fingerprint density at radius 2 is 0.788 bits per heavy atom. The molecule has 3 nitrogen and oxygen atoms in total. The summed E-state index contributed by atoms with van der Waals surface area (Å²) in [4.78, 5) is 8.10. The highest BCUT2D eigenvalue weighted by atomic mass is 15.2. The Hall–Kier alpha value is -6.78. The van der Waals surface area contributed by atoms with Gasteiger partial charge in [-0.15, -0.1) is 0 Å². The highest BCUT2D eigenvalue weighted by molar-refractivity contribution is 7.00. The Bertz CT molecular complexity index is 4100. The zero-order valence-corrected chi connectivity index (χ0v) is 54.9. The van der Waals surface area contributed by atoms with E-state index < -0.39 is 0 Å². The summed E-state index contributed by atoms with van der Waals surface area (Å²) in [5, 5.41) is 0. The molecule has 8 aromatic rings. The molecule has 0 amide bonds. The van der Waals surface area contributed by atoms with Crippen molar-refractivity contribution in [2.24, 2.45) is 0 Å². The molecule has 14 rings (SSSR count). The predicted molar refractivity (Wildman–Crippen MR) is 367 cm³/mol. The number of aryl methyl sites for hydroxylation is 2. The maximum atomic E-state index is 2.76. The van der Waals surface area contributed by atoms with Crippen molar-refractivity contribution in [1.82, 2.24) is 0 Å². The van der Waals surface area contributed by atoms with Crippen LogP contribution in [0.15, 0.2) is 140 Å². The lowest BCUT2D eigenvalue weighted by Gasteiger charge is -2.49. The van der Waals surface area contributed by atoms with E-state index in [0.717, 1.165) is 37.8 Å². The number of para-hydroxylation sites is 2. The molecule has 8 aromatic carbocycles. The van der Waals surface area contributed by atoms with E-state index in [4.69, 9.17) is 0 Å². The van der Waals surface area contributed by atoms with Crippen molar-refractivity contribution in [3.63, 3.8) is 0 Å². The van der Waals surface area contributed by atoms with Gasteiger partial charge in [-0.1, -0.05) is 197 Å². The molecule has 0 saturated heterocycles. The van der Waals surface area contributed by atoms with Crippen molar-refractivity contribution in [3.05, 3.63) is 201 Å². The number of anilines is 9. The molecule has 6 aliphatic rings. The lowest BCUT2D eigenvalue weighted by molar-refractivity contribution is 0.332. The molecule has 0 bridgehead atoms. The van der Waals surface area contributed by atoms with Crippen LogP contribution < -0.4 is 31.1 Å². The molecular formula is C81H92BN3. The van der Waals surface area contributed by atoms with Crippen LogP contribution in [0, 0.1) is 13.8 Å². The van der Waals surface area contributed by atoms with Crippen LogP contribution >= 0.6 is 0 Å². The fourth-order valence-corrected chi connectivity index (χ4v) is 16.9. The van der Waals surface area contributed by atoms with Gasteiger partial charge in [0.2, 0.25) is 0 Å². The van der Waals surface area contributed by atoms with E-state index in [0.29, 0.717) is 0 Å².